The van der Waals surface area contributed by atoms with Gasteiger partial charge in [-0.3, -0.25) is 0 Å². The van der Waals surface area contributed by atoms with E-state index in [9.17, 15) is 4.79 Å². The van der Waals surface area contributed by atoms with Crippen LogP contribution in [0.2, 0.25) is 0 Å². The van der Waals surface area contributed by atoms with Crippen LogP contribution in [0.4, 0.5) is 10.5 Å². The first-order valence-corrected chi connectivity index (χ1v) is 3.95. The largest absolute Gasteiger partial charge is 0.465 e. The molecule has 4 nitrogen and oxygen atoms in total. The summed E-state index contributed by atoms with van der Waals surface area (Å²) < 4.78 is 0. The van der Waals surface area contributed by atoms with Crippen LogP contribution in [0.1, 0.15) is 18.5 Å². The Morgan fingerprint density at radius 2 is 2.15 bits per heavy atom. The van der Waals surface area contributed by atoms with Crippen molar-refractivity contribution in [3.63, 3.8) is 0 Å². The Morgan fingerprint density at radius 3 is 2.69 bits per heavy atom. The van der Waals surface area contributed by atoms with Crippen LogP contribution in [0.3, 0.4) is 0 Å². The highest BCUT2D eigenvalue weighted by atomic mass is 16.4. The summed E-state index contributed by atoms with van der Waals surface area (Å²) in [6.07, 6.45) is -1.05. The molecule has 0 bridgehead atoms. The van der Waals surface area contributed by atoms with Gasteiger partial charge in [0.1, 0.15) is 0 Å². The Labute approximate surface area is 76.4 Å². The quantitative estimate of drug-likeness (QED) is 0.605. The zero-order valence-corrected chi connectivity index (χ0v) is 7.32. The maximum atomic E-state index is 10.3. The Bertz CT molecular complexity index is 312. The van der Waals surface area contributed by atoms with Crippen molar-refractivity contribution in [2.24, 2.45) is 0 Å². The zero-order valence-electron chi connectivity index (χ0n) is 7.32. The molecular weight excluding hydrogens is 168 g/mol. The third kappa shape index (κ3) is 2.37. The summed E-state index contributed by atoms with van der Waals surface area (Å²) in [6.45, 7) is 1.75. The summed E-state index contributed by atoms with van der Waals surface area (Å²) in [5.74, 6) is 0. The number of nitrogens with one attached hydrogen (secondary N) is 1. The van der Waals surface area contributed by atoms with Gasteiger partial charge in [0, 0.05) is 5.69 Å². The third-order valence-electron chi connectivity index (χ3n) is 1.80. The second-order valence-corrected chi connectivity index (χ2v) is 2.80. The van der Waals surface area contributed by atoms with Gasteiger partial charge >= 0.3 is 6.09 Å². The van der Waals surface area contributed by atoms with Gasteiger partial charge in [0.15, 0.2) is 0 Å². The number of nitrogen functional groups attached to an aromatic ring is 1. The minimum Gasteiger partial charge on any atom is -0.465 e. The molecule has 0 aliphatic rings. The Kier molecular flexibility index (Phi) is 2.74. The number of hydrogen-bond acceptors (Lipinski definition) is 2. The lowest BCUT2D eigenvalue weighted by atomic mass is 10.1. The van der Waals surface area contributed by atoms with Crippen molar-refractivity contribution in [3.8, 4) is 0 Å². The van der Waals surface area contributed by atoms with Crippen LogP contribution in [0.5, 0.6) is 0 Å². The van der Waals surface area contributed by atoms with Gasteiger partial charge in [-0.15, -0.1) is 0 Å². The van der Waals surface area contributed by atoms with Crippen LogP contribution >= 0.6 is 0 Å². The van der Waals surface area contributed by atoms with Crippen molar-refractivity contribution < 1.29 is 9.90 Å². The molecule has 1 amide bonds. The fraction of sp³-hybridized carbons (Fsp3) is 0.222. The van der Waals surface area contributed by atoms with Crippen molar-refractivity contribution in [3.05, 3.63) is 29.8 Å². The van der Waals surface area contributed by atoms with Gasteiger partial charge in [-0.05, 0) is 18.6 Å². The van der Waals surface area contributed by atoms with E-state index in [1.807, 2.05) is 12.1 Å². The van der Waals surface area contributed by atoms with Crippen molar-refractivity contribution in [1.82, 2.24) is 5.32 Å². The number of carboxylic acid groups (broad SMARTS) is 1. The minimum absolute atomic E-state index is 0.279. The monoisotopic (exact) mass is 180 g/mol. The SMILES string of the molecule is CC(NC(=O)O)c1ccccc1N. The maximum absolute atomic E-state index is 10.3. The van der Waals surface area contributed by atoms with Crippen molar-refractivity contribution in [1.29, 1.82) is 0 Å². The topological polar surface area (TPSA) is 75.3 Å². The predicted octanol–water partition coefficient (Wildman–Crippen LogP) is 1.60. The molecule has 0 aliphatic carbocycles. The van der Waals surface area contributed by atoms with Gasteiger partial charge in [-0.1, -0.05) is 18.2 Å². The van der Waals surface area contributed by atoms with E-state index in [4.69, 9.17) is 10.8 Å². The number of hydrogen-bond donors (Lipinski definition) is 3. The Morgan fingerprint density at radius 1 is 1.54 bits per heavy atom. The van der Waals surface area contributed by atoms with E-state index in [1.165, 1.54) is 0 Å². The van der Waals surface area contributed by atoms with Crippen molar-refractivity contribution in [2.75, 3.05) is 5.73 Å². The molecule has 4 heteroatoms. The molecule has 0 heterocycles. The molecule has 1 atom stereocenters. The molecule has 0 spiro atoms. The van der Waals surface area contributed by atoms with Gasteiger partial charge in [0.05, 0.1) is 6.04 Å². The van der Waals surface area contributed by atoms with Crippen LogP contribution in [0.25, 0.3) is 0 Å². The lowest BCUT2D eigenvalue weighted by molar-refractivity contribution is 0.191. The average molecular weight is 180 g/mol. The van der Waals surface area contributed by atoms with E-state index in [0.717, 1.165) is 5.56 Å². The van der Waals surface area contributed by atoms with E-state index in [-0.39, 0.29) is 6.04 Å². The standard InChI is InChI=1S/C9H12N2O2/c1-6(11-9(12)13)7-4-2-3-5-8(7)10/h2-6,11H,10H2,1H3,(H,12,13). The molecule has 0 saturated carbocycles. The highest BCUT2D eigenvalue weighted by Crippen LogP contribution is 2.18. The molecule has 0 aliphatic heterocycles. The first-order chi connectivity index (χ1) is 6.11. The number of carbonyl (C=O) groups is 1. The fourth-order valence-corrected chi connectivity index (χ4v) is 1.17. The molecule has 1 aromatic carbocycles. The van der Waals surface area contributed by atoms with Gasteiger partial charge in [-0.25, -0.2) is 4.79 Å². The van der Waals surface area contributed by atoms with Crippen LogP contribution in [0.15, 0.2) is 24.3 Å². The van der Waals surface area contributed by atoms with Crippen LogP contribution in [-0.2, 0) is 0 Å². The van der Waals surface area contributed by atoms with E-state index >= 15 is 0 Å². The predicted molar refractivity (Wildman–Crippen MR) is 50.4 cm³/mol. The minimum atomic E-state index is -1.05. The summed E-state index contributed by atoms with van der Waals surface area (Å²) in [4.78, 5) is 10.3. The van der Waals surface area contributed by atoms with Gasteiger partial charge in [-0.2, -0.15) is 0 Å². The van der Waals surface area contributed by atoms with Crippen LogP contribution < -0.4 is 11.1 Å². The normalized spacial score (nSPS) is 12.1. The van der Waals surface area contributed by atoms with Crippen LogP contribution in [0, 0.1) is 0 Å². The number of rotatable bonds is 2. The van der Waals surface area contributed by atoms with E-state index in [1.54, 1.807) is 19.1 Å². The Balaban J connectivity index is 2.82. The average Bonchev–Trinajstić information content (AvgIpc) is 2.03. The van der Waals surface area contributed by atoms with Crippen LogP contribution in [-0.4, -0.2) is 11.2 Å². The fourth-order valence-electron chi connectivity index (χ4n) is 1.17. The highest BCUT2D eigenvalue weighted by Gasteiger charge is 2.09. The summed E-state index contributed by atoms with van der Waals surface area (Å²) >= 11 is 0. The van der Waals surface area contributed by atoms with E-state index in [0.29, 0.717) is 5.69 Å². The molecule has 0 fully saturated rings. The molecule has 13 heavy (non-hydrogen) atoms. The first-order valence-electron chi connectivity index (χ1n) is 3.95. The van der Waals surface area contributed by atoms with Crippen molar-refractivity contribution in [2.45, 2.75) is 13.0 Å². The summed E-state index contributed by atoms with van der Waals surface area (Å²) in [5, 5.41) is 10.8. The lowest BCUT2D eigenvalue weighted by Crippen LogP contribution is -2.25. The smallest absolute Gasteiger partial charge is 0.405 e. The van der Waals surface area contributed by atoms with Gasteiger partial charge in [0.25, 0.3) is 0 Å². The lowest BCUT2D eigenvalue weighted by Gasteiger charge is -2.13. The second-order valence-electron chi connectivity index (χ2n) is 2.80. The maximum Gasteiger partial charge on any atom is 0.405 e. The third-order valence-corrected chi connectivity index (χ3v) is 1.80. The number of amides is 1. The van der Waals surface area contributed by atoms with Gasteiger partial charge in [0.2, 0.25) is 0 Å². The second kappa shape index (κ2) is 3.80. The highest BCUT2D eigenvalue weighted by molar-refractivity contribution is 5.66. The molecule has 4 N–H and O–H groups in total. The first kappa shape index (κ1) is 9.38. The molecule has 0 saturated heterocycles. The number of para-hydroxylation sites is 1. The molecule has 1 rings (SSSR count). The number of nitrogens with two attached hydrogens (primary N) is 1. The molecule has 0 aromatic heterocycles. The summed E-state index contributed by atoms with van der Waals surface area (Å²) in [6, 6.07) is 6.90. The van der Waals surface area contributed by atoms with E-state index in [2.05, 4.69) is 5.32 Å². The number of benzene rings is 1. The van der Waals surface area contributed by atoms with Crippen molar-refractivity contribution >= 4 is 11.8 Å². The molecule has 1 aromatic rings. The zero-order chi connectivity index (χ0) is 9.84. The molecular formula is C9H12N2O2. The molecule has 70 valence electrons. The van der Waals surface area contributed by atoms with Gasteiger partial charge < -0.3 is 16.2 Å². The molecule has 0 radical (unpaired) electrons. The number of anilines is 1. The molecule has 1 unspecified atom stereocenters. The summed E-state index contributed by atoms with van der Waals surface area (Å²) in [7, 11) is 0. The Hall–Kier alpha value is -1.71. The van der Waals surface area contributed by atoms with E-state index < -0.39 is 6.09 Å². The summed E-state index contributed by atoms with van der Waals surface area (Å²) in [5.41, 5.74) is 7.06.